The lowest BCUT2D eigenvalue weighted by Crippen LogP contribution is -2.44. The number of nitrogens with zero attached hydrogens (tertiary/aromatic N) is 2. The van der Waals surface area contributed by atoms with Crippen molar-refractivity contribution in [3.05, 3.63) is 0 Å². The van der Waals surface area contributed by atoms with E-state index in [-0.39, 0.29) is 0 Å². The van der Waals surface area contributed by atoms with Crippen molar-refractivity contribution >= 4 is 5.96 Å². The van der Waals surface area contributed by atoms with E-state index in [1.807, 2.05) is 7.05 Å². The van der Waals surface area contributed by atoms with Crippen molar-refractivity contribution in [1.82, 2.24) is 15.5 Å². The second-order valence-electron chi connectivity index (χ2n) is 6.64. The van der Waals surface area contributed by atoms with Crippen LogP contribution in [0.15, 0.2) is 4.99 Å². The van der Waals surface area contributed by atoms with Gasteiger partial charge >= 0.3 is 0 Å². The van der Waals surface area contributed by atoms with Gasteiger partial charge in [-0.1, -0.05) is 25.7 Å². The van der Waals surface area contributed by atoms with E-state index in [0.717, 1.165) is 25.7 Å². The molecule has 0 amide bonds. The molecule has 0 aromatic carbocycles. The lowest BCUT2D eigenvalue weighted by Gasteiger charge is -2.21. The van der Waals surface area contributed by atoms with Crippen LogP contribution in [-0.4, -0.2) is 63.3 Å². The molecular weight excluding hydrogens is 276 g/mol. The van der Waals surface area contributed by atoms with Crippen LogP contribution in [0.5, 0.6) is 0 Å². The predicted octanol–water partition coefficient (Wildman–Crippen LogP) is 1.99. The number of hydrogen-bond acceptors (Lipinski definition) is 3. The Kier molecular flexibility index (Phi) is 8.02. The topological polar surface area (TPSA) is 48.9 Å². The molecule has 128 valence electrons. The molecule has 1 aliphatic carbocycles. The van der Waals surface area contributed by atoms with Gasteiger partial charge in [0.05, 0.1) is 12.7 Å². The summed E-state index contributed by atoms with van der Waals surface area (Å²) in [7, 11) is 4.04. The van der Waals surface area contributed by atoms with Gasteiger partial charge in [0, 0.05) is 26.2 Å². The molecule has 1 unspecified atom stereocenters. The predicted molar refractivity (Wildman–Crippen MR) is 92.5 cm³/mol. The van der Waals surface area contributed by atoms with Crippen LogP contribution in [0.1, 0.15) is 51.4 Å². The number of guanidine groups is 1. The normalized spacial score (nSPS) is 25.2. The maximum absolute atomic E-state index is 6.00. The van der Waals surface area contributed by atoms with Crippen LogP contribution in [0.25, 0.3) is 0 Å². The lowest BCUT2D eigenvalue weighted by atomic mass is 10.1. The molecule has 0 bridgehead atoms. The molecule has 2 rings (SSSR count). The lowest BCUT2D eigenvalue weighted by molar-refractivity contribution is 0.0468. The summed E-state index contributed by atoms with van der Waals surface area (Å²) in [5.41, 5.74) is 0. The molecule has 2 aliphatic rings. The van der Waals surface area contributed by atoms with Crippen molar-refractivity contribution < 1.29 is 4.74 Å². The SMILES string of the molecule is CN=C(NCCOC1CCCCCC1)NCC1CCCN1C. The highest BCUT2D eigenvalue weighted by atomic mass is 16.5. The van der Waals surface area contributed by atoms with E-state index in [0.29, 0.717) is 12.1 Å². The van der Waals surface area contributed by atoms with E-state index in [1.54, 1.807) is 0 Å². The Hall–Kier alpha value is -0.810. The molecule has 0 aromatic rings. The molecule has 5 nitrogen and oxygen atoms in total. The Morgan fingerprint density at radius 2 is 1.86 bits per heavy atom. The Bertz CT molecular complexity index is 327. The van der Waals surface area contributed by atoms with Crippen LogP contribution in [0.2, 0.25) is 0 Å². The summed E-state index contributed by atoms with van der Waals surface area (Å²) in [6.07, 6.45) is 11.0. The number of ether oxygens (including phenoxy) is 1. The van der Waals surface area contributed by atoms with Crippen LogP contribution in [-0.2, 0) is 4.74 Å². The van der Waals surface area contributed by atoms with Gasteiger partial charge in [-0.15, -0.1) is 0 Å². The fourth-order valence-corrected chi connectivity index (χ4v) is 3.48. The number of nitrogens with one attached hydrogen (secondary N) is 2. The summed E-state index contributed by atoms with van der Waals surface area (Å²) in [6.45, 7) is 3.79. The molecule has 0 radical (unpaired) electrons. The quantitative estimate of drug-likeness (QED) is 0.341. The molecule has 22 heavy (non-hydrogen) atoms. The highest BCUT2D eigenvalue weighted by Gasteiger charge is 2.20. The third-order valence-electron chi connectivity index (χ3n) is 4.95. The number of likely N-dealkylation sites (N-methyl/N-ethyl adjacent to an activating group) is 1. The first-order valence-electron chi connectivity index (χ1n) is 9.06. The minimum absolute atomic E-state index is 0.478. The van der Waals surface area contributed by atoms with Gasteiger partial charge in [0.1, 0.15) is 0 Å². The zero-order valence-electron chi connectivity index (χ0n) is 14.4. The minimum Gasteiger partial charge on any atom is -0.376 e. The van der Waals surface area contributed by atoms with Crippen molar-refractivity contribution in [2.75, 3.05) is 40.3 Å². The minimum atomic E-state index is 0.478. The van der Waals surface area contributed by atoms with E-state index in [9.17, 15) is 0 Å². The standard InChI is InChI=1S/C17H34N4O/c1-18-17(20-14-15-8-7-12-21(15)2)19-11-13-22-16-9-5-3-4-6-10-16/h15-16H,3-14H2,1-2H3,(H2,18,19,20). The number of hydrogen-bond donors (Lipinski definition) is 2. The number of aliphatic imine (C=N–C) groups is 1. The van der Waals surface area contributed by atoms with Gasteiger partial charge in [-0.25, -0.2) is 0 Å². The van der Waals surface area contributed by atoms with Crippen LogP contribution < -0.4 is 10.6 Å². The monoisotopic (exact) mass is 310 g/mol. The Morgan fingerprint density at radius 3 is 2.50 bits per heavy atom. The van der Waals surface area contributed by atoms with Gasteiger partial charge in [0.25, 0.3) is 0 Å². The third kappa shape index (κ3) is 6.13. The second kappa shape index (κ2) is 10.1. The fourth-order valence-electron chi connectivity index (χ4n) is 3.48. The van der Waals surface area contributed by atoms with Gasteiger partial charge in [-0.05, 0) is 39.3 Å². The molecule has 5 heteroatoms. The molecule has 1 aliphatic heterocycles. The maximum Gasteiger partial charge on any atom is 0.191 e. The van der Waals surface area contributed by atoms with Gasteiger partial charge < -0.3 is 20.3 Å². The molecule has 1 saturated carbocycles. The average Bonchev–Trinajstić information content (AvgIpc) is 2.77. The number of rotatable bonds is 6. The Labute approximate surface area is 135 Å². The molecule has 0 aromatic heterocycles. The van der Waals surface area contributed by atoms with Crippen molar-refractivity contribution in [1.29, 1.82) is 0 Å². The first-order chi connectivity index (χ1) is 10.8. The van der Waals surface area contributed by atoms with E-state index in [1.165, 1.54) is 57.9 Å². The van der Waals surface area contributed by atoms with Crippen LogP contribution in [0, 0.1) is 0 Å². The Morgan fingerprint density at radius 1 is 1.09 bits per heavy atom. The van der Waals surface area contributed by atoms with E-state index in [2.05, 4.69) is 27.6 Å². The fraction of sp³-hybridized carbons (Fsp3) is 0.941. The first kappa shape index (κ1) is 17.5. The molecule has 1 heterocycles. The summed E-state index contributed by atoms with van der Waals surface area (Å²) in [5.74, 6) is 0.893. The highest BCUT2D eigenvalue weighted by molar-refractivity contribution is 5.79. The van der Waals surface area contributed by atoms with Crippen molar-refractivity contribution in [2.24, 2.45) is 4.99 Å². The van der Waals surface area contributed by atoms with Gasteiger partial charge in [-0.3, -0.25) is 4.99 Å². The largest absolute Gasteiger partial charge is 0.376 e. The zero-order valence-corrected chi connectivity index (χ0v) is 14.4. The third-order valence-corrected chi connectivity index (χ3v) is 4.95. The zero-order chi connectivity index (χ0) is 15.6. The Balaban J connectivity index is 1.56. The number of likely N-dealkylation sites (tertiary alicyclic amines) is 1. The van der Waals surface area contributed by atoms with Gasteiger partial charge in [-0.2, -0.15) is 0 Å². The highest BCUT2D eigenvalue weighted by Crippen LogP contribution is 2.19. The maximum atomic E-state index is 6.00. The van der Waals surface area contributed by atoms with Crippen LogP contribution in [0.4, 0.5) is 0 Å². The summed E-state index contributed by atoms with van der Waals surface area (Å²) in [4.78, 5) is 6.72. The molecular formula is C17H34N4O. The van der Waals surface area contributed by atoms with E-state index >= 15 is 0 Å². The molecule has 0 spiro atoms. The van der Waals surface area contributed by atoms with Crippen molar-refractivity contribution in [3.8, 4) is 0 Å². The van der Waals surface area contributed by atoms with Crippen LogP contribution >= 0.6 is 0 Å². The van der Waals surface area contributed by atoms with Crippen molar-refractivity contribution in [2.45, 2.75) is 63.5 Å². The smallest absolute Gasteiger partial charge is 0.191 e. The van der Waals surface area contributed by atoms with E-state index < -0.39 is 0 Å². The molecule has 2 N–H and O–H groups in total. The summed E-state index contributed by atoms with van der Waals surface area (Å²) in [5, 5.41) is 6.79. The average molecular weight is 310 g/mol. The molecule has 2 fully saturated rings. The summed E-state index contributed by atoms with van der Waals surface area (Å²) in [6, 6.07) is 0.640. The van der Waals surface area contributed by atoms with Crippen LogP contribution in [0.3, 0.4) is 0 Å². The molecule has 1 atom stereocenters. The molecule has 1 saturated heterocycles. The summed E-state index contributed by atoms with van der Waals surface area (Å²) >= 11 is 0. The van der Waals surface area contributed by atoms with Gasteiger partial charge in [0.15, 0.2) is 5.96 Å². The second-order valence-corrected chi connectivity index (χ2v) is 6.64. The first-order valence-corrected chi connectivity index (χ1v) is 9.06. The summed E-state index contributed by atoms with van der Waals surface area (Å²) < 4.78 is 6.00. The van der Waals surface area contributed by atoms with Crippen molar-refractivity contribution in [3.63, 3.8) is 0 Å². The van der Waals surface area contributed by atoms with Gasteiger partial charge in [0.2, 0.25) is 0 Å². The van der Waals surface area contributed by atoms with E-state index in [4.69, 9.17) is 4.74 Å².